The molecule has 0 unspecified atom stereocenters. The molecule has 0 radical (unpaired) electrons. The first-order valence-electron chi connectivity index (χ1n) is 5.01. The Balaban J connectivity index is 2.39. The third-order valence-corrected chi connectivity index (χ3v) is 2.51. The summed E-state index contributed by atoms with van der Waals surface area (Å²) in [6.07, 6.45) is -2.76. The van der Waals surface area contributed by atoms with Crippen molar-refractivity contribution in [3.8, 4) is 5.75 Å². The number of alkyl halides is 3. The van der Waals surface area contributed by atoms with Gasteiger partial charge in [-0.15, -0.1) is 0 Å². The van der Waals surface area contributed by atoms with Gasteiger partial charge in [-0.1, -0.05) is 0 Å². The van der Waals surface area contributed by atoms with Crippen molar-refractivity contribution in [3.05, 3.63) is 23.4 Å². The minimum absolute atomic E-state index is 0.274. The van der Waals surface area contributed by atoms with E-state index in [-0.39, 0.29) is 5.75 Å². The van der Waals surface area contributed by atoms with Gasteiger partial charge in [-0.25, -0.2) is 0 Å². The molecule has 1 aromatic heterocycles. The molecule has 0 spiro atoms. The Kier molecular flexibility index (Phi) is 2.73. The van der Waals surface area contributed by atoms with Crippen LogP contribution in [0, 0.1) is 13.8 Å². The molecule has 1 N–H and O–H groups in total. The van der Waals surface area contributed by atoms with Crippen LogP contribution in [0.5, 0.6) is 5.75 Å². The van der Waals surface area contributed by atoms with E-state index in [1.54, 1.807) is 26.1 Å². The number of nitrogens with zero attached hydrogens (tertiary/aromatic N) is 1. The number of ether oxygens (including phenoxy) is 1. The standard InChI is InChI=1S/C11H11F3N2O/c1-6-3-9-8(4-15-16-9)7(2)10(6)17-5-11(12,13)14/h3-4H,5H2,1-2H3,(H,15,16). The molecule has 0 saturated carbocycles. The predicted molar refractivity (Wildman–Crippen MR) is 57.1 cm³/mol. The van der Waals surface area contributed by atoms with Gasteiger partial charge in [-0.3, -0.25) is 5.10 Å². The molecule has 0 aliphatic rings. The van der Waals surface area contributed by atoms with Crippen LogP contribution in [-0.2, 0) is 0 Å². The Morgan fingerprint density at radius 2 is 2.06 bits per heavy atom. The normalized spacial score (nSPS) is 12.1. The maximum atomic E-state index is 12.1. The summed E-state index contributed by atoms with van der Waals surface area (Å²) >= 11 is 0. The number of hydrogen-bond donors (Lipinski definition) is 1. The van der Waals surface area contributed by atoms with Gasteiger partial charge in [-0.05, 0) is 25.5 Å². The van der Waals surface area contributed by atoms with E-state index in [0.717, 1.165) is 10.9 Å². The fraction of sp³-hybridized carbons (Fsp3) is 0.364. The van der Waals surface area contributed by atoms with Crippen molar-refractivity contribution in [2.24, 2.45) is 0 Å². The highest BCUT2D eigenvalue weighted by molar-refractivity contribution is 5.85. The molecule has 2 rings (SSSR count). The lowest BCUT2D eigenvalue weighted by Gasteiger charge is -2.14. The number of nitrogens with one attached hydrogen (secondary N) is 1. The lowest BCUT2D eigenvalue weighted by molar-refractivity contribution is -0.153. The Labute approximate surface area is 95.6 Å². The molecule has 6 heteroatoms. The van der Waals surface area contributed by atoms with Crippen molar-refractivity contribution in [3.63, 3.8) is 0 Å². The summed E-state index contributed by atoms with van der Waals surface area (Å²) in [5.74, 6) is 0.274. The van der Waals surface area contributed by atoms with Crippen LogP contribution < -0.4 is 4.74 Å². The van der Waals surface area contributed by atoms with Crippen molar-refractivity contribution in [2.45, 2.75) is 20.0 Å². The highest BCUT2D eigenvalue weighted by Crippen LogP contribution is 2.31. The molecule has 3 nitrogen and oxygen atoms in total. The first kappa shape index (κ1) is 11.8. The average molecular weight is 244 g/mol. The number of halogens is 3. The van der Waals surface area contributed by atoms with E-state index in [1.165, 1.54) is 0 Å². The molecule has 17 heavy (non-hydrogen) atoms. The average Bonchev–Trinajstić information content (AvgIpc) is 2.63. The number of rotatable bonds is 2. The molecule has 0 fully saturated rings. The van der Waals surface area contributed by atoms with Crippen LogP contribution in [0.3, 0.4) is 0 Å². The van der Waals surface area contributed by atoms with Gasteiger partial charge in [0, 0.05) is 10.9 Å². The van der Waals surface area contributed by atoms with E-state index >= 15 is 0 Å². The van der Waals surface area contributed by atoms with Crippen LogP contribution in [0.25, 0.3) is 10.9 Å². The van der Waals surface area contributed by atoms with Gasteiger partial charge in [0.25, 0.3) is 0 Å². The van der Waals surface area contributed by atoms with Crippen LogP contribution in [0.2, 0.25) is 0 Å². The quantitative estimate of drug-likeness (QED) is 0.881. The summed E-state index contributed by atoms with van der Waals surface area (Å²) in [5, 5.41) is 7.39. The second kappa shape index (κ2) is 3.94. The van der Waals surface area contributed by atoms with Gasteiger partial charge in [0.1, 0.15) is 5.75 Å². The van der Waals surface area contributed by atoms with Crippen molar-refractivity contribution in [1.29, 1.82) is 0 Å². The molecule has 1 aromatic carbocycles. The van der Waals surface area contributed by atoms with Gasteiger partial charge in [-0.2, -0.15) is 18.3 Å². The summed E-state index contributed by atoms with van der Waals surface area (Å²) in [6.45, 7) is 2.15. The lowest BCUT2D eigenvalue weighted by Crippen LogP contribution is -2.20. The summed E-state index contributed by atoms with van der Waals surface area (Å²) in [6, 6.07) is 1.72. The number of aromatic amines is 1. The van der Waals surface area contributed by atoms with Gasteiger partial charge in [0.05, 0.1) is 11.7 Å². The smallest absolute Gasteiger partial charge is 0.422 e. The van der Waals surface area contributed by atoms with Crippen molar-refractivity contribution < 1.29 is 17.9 Å². The van der Waals surface area contributed by atoms with E-state index < -0.39 is 12.8 Å². The molecule has 1 heterocycles. The summed E-state index contributed by atoms with van der Waals surface area (Å²) < 4.78 is 41.2. The van der Waals surface area contributed by atoms with E-state index in [0.29, 0.717) is 11.1 Å². The molecule has 0 bridgehead atoms. The maximum absolute atomic E-state index is 12.1. The molecule has 0 saturated heterocycles. The number of aromatic nitrogens is 2. The fourth-order valence-corrected chi connectivity index (χ4v) is 1.78. The summed E-state index contributed by atoms with van der Waals surface area (Å²) in [5.41, 5.74) is 2.11. The predicted octanol–water partition coefficient (Wildman–Crippen LogP) is 3.12. The molecule has 92 valence electrons. The molecule has 0 aliphatic carbocycles. The van der Waals surface area contributed by atoms with Crippen molar-refractivity contribution in [2.75, 3.05) is 6.61 Å². The topological polar surface area (TPSA) is 37.9 Å². The third kappa shape index (κ3) is 2.35. The van der Waals surface area contributed by atoms with Gasteiger partial charge >= 0.3 is 6.18 Å². The SMILES string of the molecule is Cc1cc2[nH]ncc2c(C)c1OCC(F)(F)F. The first-order chi connectivity index (χ1) is 7.88. The van der Waals surface area contributed by atoms with Gasteiger partial charge < -0.3 is 4.74 Å². The summed E-state index contributed by atoms with van der Waals surface area (Å²) in [4.78, 5) is 0. The van der Waals surface area contributed by atoms with Crippen LogP contribution in [0.15, 0.2) is 12.3 Å². The molecule has 2 aromatic rings. The zero-order valence-corrected chi connectivity index (χ0v) is 9.35. The van der Waals surface area contributed by atoms with E-state index in [2.05, 4.69) is 10.2 Å². The number of aryl methyl sites for hydroxylation is 2. The summed E-state index contributed by atoms with van der Waals surface area (Å²) in [7, 11) is 0. The molecule has 0 amide bonds. The van der Waals surface area contributed by atoms with E-state index in [1.807, 2.05) is 0 Å². The van der Waals surface area contributed by atoms with Crippen LogP contribution in [0.4, 0.5) is 13.2 Å². The monoisotopic (exact) mass is 244 g/mol. The van der Waals surface area contributed by atoms with Crippen molar-refractivity contribution in [1.82, 2.24) is 10.2 Å². The minimum Gasteiger partial charge on any atom is -0.484 e. The Morgan fingerprint density at radius 3 is 2.71 bits per heavy atom. The zero-order valence-electron chi connectivity index (χ0n) is 9.35. The largest absolute Gasteiger partial charge is 0.484 e. The van der Waals surface area contributed by atoms with Crippen LogP contribution >= 0.6 is 0 Å². The number of fused-ring (bicyclic) bond motifs is 1. The molecular formula is C11H11F3N2O. The lowest BCUT2D eigenvalue weighted by atomic mass is 10.1. The maximum Gasteiger partial charge on any atom is 0.422 e. The highest BCUT2D eigenvalue weighted by Gasteiger charge is 2.29. The van der Waals surface area contributed by atoms with E-state index in [4.69, 9.17) is 4.74 Å². The number of benzene rings is 1. The number of hydrogen-bond acceptors (Lipinski definition) is 2. The van der Waals surface area contributed by atoms with Crippen molar-refractivity contribution >= 4 is 10.9 Å². The van der Waals surface area contributed by atoms with Gasteiger partial charge in [0.15, 0.2) is 6.61 Å². The fourth-order valence-electron chi connectivity index (χ4n) is 1.78. The minimum atomic E-state index is -4.33. The third-order valence-electron chi connectivity index (χ3n) is 2.51. The Bertz CT molecular complexity index is 545. The Morgan fingerprint density at radius 1 is 1.35 bits per heavy atom. The molecule has 0 aliphatic heterocycles. The van der Waals surface area contributed by atoms with Crippen LogP contribution in [0.1, 0.15) is 11.1 Å². The number of H-pyrrole nitrogens is 1. The second-order valence-corrected chi connectivity index (χ2v) is 3.88. The molecular weight excluding hydrogens is 233 g/mol. The van der Waals surface area contributed by atoms with Crippen LogP contribution in [-0.4, -0.2) is 23.0 Å². The first-order valence-corrected chi connectivity index (χ1v) is 5.01. The molecule has 0 atom stereocenters. The van der Waals surface area contributed by atoms with Gasteiger partial charge in [0.2, 0.25) is 0 Å². The highest BCUT2D eigenvalue weighted by atomic mass is 19.4. The Hall–Kier alpha value is -1.72. The zero-order chi connectivity index (χ0) is 12.6. The van der Waals surface area contributed by atoms with E-state index in [9.17, 15) is 13.2 Å². The second-order valence-electron chi connectivity index (χ2n) is 3.88.